The molecule has 1 aromatic heterocycles. The van der Waals surface area contributed by atoms with Gasteiger partial charge in [-0.3, -0.25) is 4.79 Å². The van der Waals surface area contributed by atoms with E-state index in [1.165, 1.54) is 15.8 Å². The van der Waals surface area contributed by atoms with Crippen molar-refractivity contribution in [1.29, 1.82) is 0 Å². The Morgan fingerprint density at radius 3 is 2.12 bits per heavy atom. The standard InChI is InChI=1S/C19H18BrN3O/c1-23-19(24)18(20)17(13-22-23)21-12-16(14-8-4-2-5-9-14)15-10-6-3-7-11-15/h2-11,13,16,21H,12H2,1H3. The van der Waals surface area contributed by atoms with E-state index in [1.54, 1.807) is 13.2 Å². The van der Waals surface area contributed by atoms with Crippen molar-refractivity contribution in [2.45, 2.75) is 5.92 Å². The SMILES string of the molecule is Cn1ncc(NCC(c2ccccc2)c2ccccc2)c(Br)c1=O. The summed E-state index contributed by atoms with van der Waals surface area (Å²) >= 11 is 3.36. The van der Waals surface area contributed by atoms with Crippen molar-refractivity contribution < 1.29 is 0 Å². The van der Waals surface area contributed by atoms with E-state index in [-0.39, 0.29) is 11.5 Å². The number of nitrogens with zero attached hydrogens (tertiary/aromatic N) is 2. The number of hydrogen-bond acceptors (Lipinski definition) is 3. The average Bonchev–Trinajstić information content (AvgIpc) is 2.63. The summed E-state index contributed by atoms with van der Waals surface area (Å²) < 4.78 is 1.81. The molecular weight excluding hydrogens is 366 g/mol. The van der Waals surface area contributed by atoms with Crippen molar-refractivity contribution in [2.24, 2.45) is 7.05 Å². The number of rotatable bonds is 5. The van der Waals surface area contributed by atoms with E-state index in [1.807, 2.05) is 36.4 Å². The molecule has 5 heteroatoms. The van der Waals surface area contributed by atoms with Crippen LogP contribution in [0.4, 0.5) is 5.69 Å². The summed E-state index contributed by atoms with van der Waals surface area (Å²) in [5.74, 6) is 0.184. The predicted molar refractivity (Wildman–Crippen MR) is 100 cm³/mol. The molecule has 0 aliphatic rings. The first-order valence-electron chi connectivity index (χ1n) is 7.72. The summed E-state index contributed by atoms with van der Waals surface area (Å²) in [4.78, 5) is 12.0. The molecule has 0 saturated heterocycles. The van der Waals surface area contributed by atoms with Gasteiger partial charge in [-0.25, -0.2) is 4.68 Å². The van der Waals surface area contributed by atoms with Crippen LogP contribution in [0, 0.1) is 0 Å². The minimum absolute atomic E-state index is 0.157. The lowest BCUT2D eigenvalue weighted by atomic mass is 9.91. The molecule has 0 radical (unpaired) electrons. The number of nitrogens with one attached hydrogen (secondary N) is 1. The van der Waals surface area contributed by atoms with Gasteiger partial charge in [0.2, 0.25) is 0 Å². The maximum atomic E-state index is 12.0. The fraction of sp³-hybridized carbons (Fsp3) is 0.158. The number of benzene rings is 2. The van der Waals surface area contributed by atoms with E-state index in [9.17, 15) is 4.79 Å². The molecule has 1 heterocycles. The zero-order valence-electron chi connectivity index (χ0n) is 13.3. The van der Waals surface area contributed by atoms with Gasteiger partial charge in [0.25, 0.3) is 5.56 Å². The molecule has 4 nitrogen and oxygen atoms in total. The van der Waals surface area contributed by atoms with Gasteiger partial charge < -0.3 is 5.32 Å². The van der Waals surface area contributed by atoms with Crippen LogP contribution in [-0.4, -0.2) is 16.3 Å². The molecule has 2 aromatic carbocycles. The molecule has 0 aliphatic carbocycles. The van der Waals surface area contributed by atoms with Crippen LogP contribution in [0.5, 0.6) is 0 Å². The quantitative estimate of drug-likeness (QED) is 0.728. The van der Waals surface area contributed by atoms with Crippen LogP contribution in [-0.2, 0) is 7.05 Å². The lowest BCUT2D eigenvalue weighted by molar-refractivity contribution is 0.702. The first kappa shape index (κ1) is 16.5. The molecule has 3 rings (SSSR count). The third-order valence-electron chi connectivity index (χ3n) is 3.98. The maximum absolute atomic E-state index is 12.0. The topological polar surface area (TPSA) is 46.9 Å². The minimum Gasteiger partial charge on any atom is -0.382 e. The number of aromatic nitrogens is 2. The highest BCUT2D eigenvalue weighted by Crippen LogP contribution is 2.26. The van der Waals surface area contributed by atoms with Crippen LogP contribution < -0.4 is 10.9 Å². The fourth-order valence-electron chi connectivity index (χ4n) is 2.64. The molecule has 24 heavy (non-hydrogen) atoms. The Hall–Kier alpha value is -2.40. The highest BCUT2D eigenvalue weighted by molar-refractivity contribution is 9.10. The summed E-state index contributed by atoms with van der Waals surface area (Å²) in [5.41, 5.74) is 3.00. The van der Waals surface area contributed by atoms with Crippen LogP contribution in [0.3, 0.4) is 0 Å². The Morgan fingerprint density at radius 2 is 1.58 bits per heavy atom. The zero-order valence-corrected chi connectivity index (χ0v) is 14.9. The number of halogens is 1. The van der Waals surface area contributed by atoms with Gasteiger partial charge in [0.15, 0.2) is 0 Å². The Balaban J connectivity index is 1.89. The summed E-state index contributed by atoms with van der Waals surface area (Å²) in [6.45, 7) is 0.668. The van der Waals surface area contributed by atoms with Crippen molar-refractivity contribution >= 4 is 21.6 Å². The van der Waals surface area contributed by atoms with E-state index >= 15 is 0 Å². The second-order valence-electron chi connectivity index (χ2n) is 5.56. The Bertz CT molecular complexity index is 823. The lowest BCUT2D eigenvalue weighted by Crippen LogP contribution is -2.22. The van der Waals surface area contributed by atoms with Gasteiger partial charge in [0.1, 0.15) is 4.47 Å². The molecule has 0 aliphatic heterocycles. The number of aryl methyl sites for hydroxylation is 1. The Labute approximate surface area is 149 Å². The smallest absolute Gasteiger partial charge is 0.282 e. The van der Waals surface area contributed by atoms with Crippen LogP contribution in [0.25, 0.3) is 0 Å². The van der Waals surface area contributed by atoms with Gasteiger partial charge >= 0.3 is 0 Å². The van der Waals surface area contributed by atoms with Gasteiger partial charge in [0, 0.05) is 19.5 Å². The molecular formula is C19H18BrN3O. The minimum atomic E-state index is -0.157. The summed E-state index contributed by atoms with van der Waals surface area (Å²) in [6, 6.07) is 20.7. The van der Waals surface area contributed by atoms with E-state index in [0.29, 0.717) is 16.7 Å². The molecule has 0 unspecified atom stereocenters. The van der Waals surface area contributed by atoms with Gasteiger partial charge in [-0.2, -0.15) is 5.10 Å². The van der Waals surface area contributed by atoms with E-state index in [0.717, 1.165) is 0 Å². The largest absolute Gasteiger partial charge is 0.382 e. The van der Waals surface area contributed by atoms with E-state index in [4.69, 9.17) is 0 Å². The molecule has 0 bridgehead atoms. The van der Waals surface area contributed by atoms with E-state index in [2.05, 4.69) is 50.6 Å². The molecule has 1 N–H and O–H groups in total. The van der Waals surface area contributed by atoms with Crippen molar-refractivity contribution in [3.8, 4) is 0 Å². The lowest BCUT2D eigenvalue weighted by Gasteiger charge is -2.20. The third-order valence-corrected chi connectivity index (χ3v) is 4.75. The summed E-state index contributed by atoms with van der Waals surface area (Å²) in [6.07, 6.45) is 1.67. The molecule has 0 saturated carbocycles. The molecule has 3 aromatic rings. The van der Waals surface area contributed by atoms with Crippen molar-refractivity contribution in [2.75, 3.05) is 11.9 Å². The first-order valence-corrected chi connectivity index (χ1v) is 8.51. The molecule has 0 spiro atoms. The molecule has 0 atom stereocenters. The maximum Gasteiger partial charge on any atom is 0.282 e. The van der Waals surface area contributed by atoms with Crippen molar-refractivity contribution in [3.05, 3.63) is 92.8 Å². The number of anilines is 1. The summed E-state index contributed by atoms with van der Waals surface area (Å²) in [7, 11) is 1.63. The Morgan fingerprint density at radius 1 is 1.04 bits per heavy atom. The van der Waals surface area contributed by atoms with Gasteiger partial charge in [-0.05, 0) is 27.1 Å². The average molecular weight is 384 g/mol. The van der Waals surface area contributed by atoms with Crippen LogP contribution in [0.2, 0.25) is 0 Å². The van der Waals surface area contributed by atoms with Crippen molar-refractivity contribution in [1.82, 2.24) is 9.78 Å². The highest BCUT2D eigenvalue weighted by atomic mass is 79.9. The van der Waals surface area contributed by atoms with E-state index < -0.39 is 0 Å². The van der Waals surface area contributed by atoms with Gasteiger partial charge in [-0.15, -0.1) is 0 Å². The van der Waals surface area contributed by atoms with Crippen molar-refractivity contribution in [3.63, 3.8) is 0 Å². The normalized spacial score (nSPS) is 10.8. The second kappa shape index (κ2) is 7.45. The molecule has 0 fully saturated rings. The van der Waals surface area contributed by atoms with Crippen LogP contribution in [0.1, 0.15) is 17.0 Å². The molecule has 122 valence electrons. The van der Waals surface area contributed by atoms with Gasteiger partial charge in [-0.1, -0.05) is 60.7 Å². The monoisotopic (exact) mass is 383 g/mol. The third kappa shape index (κ3) is 3.57. The predicted octanol–water partition coefficient (Wildman–Crippen LogP) is 3.79. The summed E-state index contributed by atoms with van der Waals surface area (Å²) in [5, 5.41) is 7.43. The zero-order chi connectivity index (χ0) is 16.9. The second-order valence-corrected chi connectivity index (χ2v) is 6.35. The van der Waals surface area contributed by atoms with Gasteiger partial charge in [0.05, 0.1) is 11.9 Å². The highest BCUT2D eigenvalue weighted by Gasteiger charge is 2.15. The van der Waals surface area contributed by atoms with Crippen LogP contribution in [0.15, 0.2) is 76.1 Å². The number of hydrogen-bond donors (Lipinski definition) is 1. The first-order chi connectivity index (χ1) is 11.7. The Kier molecular flexibility index (Phi) is 5.11. The van der Waals surface area contributed by atoms with Crippen LogP contribution >= 0.6 is 15.9 Å². The fourth-order valence-corrected chi connectivity index (χ4v) is 3.14. The molecule has 0 amide bonds.